The summed E-state index contributed by atoms with van der Waals surface area (Å²) in [7, 11) is 1.72. The zero-order valence-electron chi connectivity index (χ0n) is 30.4. The number of allylic oxidation sites excluding steroid dienone is 1. The van der Waals surface area contributed by atoms with Crippen LogP contribution in [-0.4, -0.2) is 85.1 Å². The lowest BCUT2D eigenvalue weighted by atomic mass is 9.55. The molecule has 2 aromatic carbocycles. The molecule has 1 amide bonds. The maximum absolute atomic E-state index is 13.5. The van der Waals surface area contributed by atoms with Gasteiger partial charge in [-0.25, -0.2) is 4.79 Å². The highest BCUT2D eigenvalue weighted by atomic mass is 32.2. The molecule has 0 spiro atoms. The van der Waals surface area contributed by atoms with Crippen molar-refractivity contribution >= 4 is 23.6 Å². The standard InChI is InChI=1S/C40H54N2O8S/c1-6-23-47-40-36(42(4)39(45)46-7-2)26-34(41-48-8-3)32-24-27(13-9-11-21-43)31(14-10-12-22-44)37(38(32)40)33-25-29(17-20-35(33)50-40)49-28-15-18-30(51-5)19-16-28/h6,15-20,24-25,27,31,36-38,43-44H,1,7-14,21-23,26H2,2-5H3. The molecule has 0 radical (unpaired) electrons. The Balaban J connectivity index is 1.73. The van der Waals surface area contributed by atoms with Crippen molar-refractivity contribution in [2.75, 3.05) is 46.3 Å². The fourth-order valence-corrected chi connectivity index (χ4v) is 8.47. The molecule has 6 atom stereocenters. The first-order valence-electron chi connectivity index (χ1n) is 18.3. The Bertz CT molecular complexity index is 1530. The lowest BCUT2D eigenvalue weighted by Gasteiger charge is -2.59. The van der Waals surface area contributed by atoms with Crippen molar-refractivity contribution < 1.29 is 38.8 Å². The number of likely N-dealkylation sites (N-methyl/N-ethyl adjacent to an activating group) is 1. The van der Waals surface area contributed by atoms with Gasteiger partial charge in [-0.15, -0.1) is 18.3 Å². The summed E-state index contributed by atoms with van der Waals surface area (Å²) in [5.74, 6) is 0.521. The summed E-state index contributed by atoms with van der Waals surface area (Å²) < 4.78 is 25.9. The third kappa shape index (κ3) is 8.43. The molecule has 1 fully saturated rings. The van der Waals surface area contributed by atoms with Crippen LogP contribution in [0.2, 0.25) is 0 Å². The molecule has 0 aromatic heterocycles. The van der Waals surface area contributed by atoms with Crippen LogP contribution in [0.15, 0.2) is 76.8 Å². The number of rotatable bonds is 18. The third-order valence-corrected chi connectivity index (χ3v) is 11.0. The van der Waals surface area contributed by atoms with Crippen LogP contribution in [0.5, 0.6) is 17.2 Å². The van der Waals surface area contributed by atoms with E-state index in [1.807, 2.05) is 49.6 Å². The van der Waals surface area contributed by atoms with Gasteiger partial charge in [0.15, 0.2) is 0 Å². The summed E-state index contributed by atoms with van der Waals surface area (Å²) in [6.07, 6.45) is 10.7. The Morgan fingerprint density at radius 2 is 1.78 bits per heavy atom. The van der Waals surface area contributed by atoms with Gasteiger partial charge in [-0.05, 0) is 106 Å². The van der Waals surface area contributed by atoms with Gasteiger partial charge >= 0.3 is 6.09 Å². The molecule has 11 heteroatoms. The molecule has 0 bridgehead atoms. The van der Waals surface area contributed by atoms with E-state index in [0.29, 0.717) is 37.4 Å². The number of amides is 1. The maximum Gasteiger partial charge on any atom is 0.409 e. The van der Waals surface area contributed by atoms with Crippen LogP contribution in [0.4, 0.5) is 4.79 Å². The molecule has 10 nitrogen and oxygen atoms in total. The number of fused-ring (bicyclic) bond motifs is 2. The number of hydrogen-bond donors (Lipinski definition) is 2. The highest BCUT2D eigenvalue weighted by Crippen LogP contribution is 2.62. The number of carbonyl (C=O) groups is 1. The summed E-state index contributed by atoms with van der Waals surface area (Å²) in [6.45, 7) is 8.71. The molecule has 3 aliphatic rings. The highest BCUT2D eigenvalue weighted by Gasteiger charge is 2.65. The predicted molar refractivity (Wildman–Crippen MR) is 200 cm³/mol. The first-order chi connectivity index (χ1) is 24.8. The first-order valence-corrected chi connectivity index (χ1v) is 19.5. The Labute approximate surface area is 306 Å². The average molecular weight is 723 g/mol. The van der Waals surface area contributed by atoms with Gasteiger partial charge < -0.3 is 38.9 Å². The summed E-state index contributed by atoms with van der Waals surface area (Å²) in [5.41, 5.74) is 2.74. The topological polar surface area (TPSA) is 119 Å². The van der Waals surface area contributed by atoms with E-state index in [2.05, 4.69) is 23.9 Å². The first kappa shape index (κ1) is 38.7. The molecular weight excluding hydrogens is 669 g/mol. The molecule has 6 unspecified atom stereocenters. The molecule has 2 aromatic rings. The summed E-state index contributed by atoms with van der Waals surface area (Å²) in [4.78, 5) is 21.9. The molecule has 278 valence electrons. The number of oxime groups is 1. The quantitative estimate of drug-likeness (QED) is 0.0684. The summed E-state index contributed by atoms with van der Waals surface area (Å²) in [6, 6.07) is 13.4. The second kappa shape index (κ2) is 18.3. The molecule has 0 saturated heterocycles. The van der Waals surface area contributed by atoms with Gasteiger partial charge in [0, 0.05) is 43.1 Å². The molecule has 51 heavy (non-hydrogen) atoms. The minimum absolute atomic E-state index is 0.119. The Morgan fingerprint density at radius 1 is 1.06 bits per heavy atom. The fourth-order valence-electron chi connectivity index (χ4n) is 8.07. The number of nitrogens with zero attached hydrogens (tertiary/aromatic N) is 2. The van der Waals surface area contributed by atoms with Crippen LogP contribution in [0, 0.1) is 17.8 Å². The second-order valence-electron chi connectivity index (χ2n) is 13.3. The van der Waals surface area contributed by atoms with E-state index in [1.54, 1.807) is 36.7 Å². The van der Waals surface area contributed by atoms with Crippen LogP contribution in [-0.2, 0) is 14.3 Å². The molecule has 1 heterocycles. The molecule has 2 aliphatic carbocycles. The van der Waals surface area contributed by atoms with Crippen molar-refractivity contribution in [2.45, 2.75) is 81.4 Å². The highest BCUT2D eigenvalue weighted by molar-refractivity contribution is 7.98. The van der Waals surface area contributed by atoms with Gasteiger partial charge in [0.05, 0.1) is 24.8 Å². The van der Waals surface area contributed by atoms with E-state index < -0.39 is 17.9 Å². The predicted octanol–water partition coefficient (Wildman–Crippen LogP) is 7.94. The van der Waals surface area contributed by atoms with E-state index in [4.69, 9.17) is 23.8 Å². The molecule has 1 saturated carbocycles. The number of unbranched alkanes of at least 4 members (excludes halogenated alkanes) is 2. The number of hydrogen-bond acceptors (Lipinski definition) is 10. The van der Waals surface area contributed by atoms with Crippen molar-refractivity contribution in [2.24, 2.45) is 22.9 Å². The largest absolute Gasteiger partial charge is 0.459 e. The maximum atomic E-state index is 13.5. The smallest absolute Gasteiger partial charge is 0.409 e. The average Bonchev–Trinajstić information content (AvgIpc) is 3.14. The van der Waals surface area contributed by atoms with Gasteiger partial charge in [0.2, 0.25) is 5.79 Å². The summed E-state index contributed by atoms with van der Waals surface area (Å²) >= 11 is 1.68. The van der Waals surface area contributed by atoms with Gasteiger partial charge in [0.25, 0.3) is 0 Å². The van der Waals surface area contributed by atoms with E-state index in [9.17, 15) is 15.0 Å². The van der Waals surface area contributed by atoms with Crippen molar-refractivity contribution in [1.29, 1.82) is 0 Å². The van der Waals surface area contributed by atoms with E-state index in [1.165, 1.54) is 0 Å². The Hall–Kier alpha value is -3.51. The minimum atomic E-state index is -1.31. The number of thioether (sulfide) groups is 1. The molecule has 2 N–H and O–H groups in total. The van der Waals surface area contributed by atoms with Crippen molar-refractivity contribution in [3.8, 4) is 17.2 Å². The monoisotopic (exact) mass is 722 g/mol. The lowest BCUT2D eigenvalue weighted by molar-refractivity contribution is -0.253. The van der Waals surface area contributed by atoms with Crippen LogP contribution in [0.3, 0.4) is 0 Å². The van der Waals surface area contributed by atoms with Gasteiger partial charge in [0.1, 0.15) is 29.9 Å². The van der Waals surface area contributed by atoms with Crippen molar-refractivity contribution in [1.82, 2.24) is 4.90 Å². The van der Waals surface area contributed by atoms with Crippen LogP contribution in [0.1, 0.15) is 70.3 Å². The number of benzene rings is 2. The Morgan fingerprint density at radius 3 is 2.45 bits per heavy atom. The zero-order valence-corrected chi connectivity index (χ0v) is 31.2. The SMILES string of the molecule is C=CCOC12Oc3ccc(Oc4ccc(SC)cc4)cc3C3C(CCCCO)C(CCCCO)C=C(C(=NOCC)CC1N(C)C(=O)OCC)C32. The normalized spacial score (nSPS) is 25.6. The van der Waals surface area contributed by atoms with Crippen LogP contribution >= 0.6 is 11.8 Å². The van der Waals surface area contributed by atoms with Gasteiger partial charge in [-0.1, -0.05) is 30.1 Å². The molecule has 5 rings (SSSR count). The lowest BCUT2D eigenvalue weighted by Crippen LogP contribution is -2.69. The number of carbonyl (C=O) groups excluding carboxylic acids is 1. The molecular formula is C40H54N2O8S. The van der Waals surface area contributed by atoms with Crippen LogP contribution in [0.25, 0.3) is 0 Å². The van der Waals surface area contributed by atoms with Crippen molar-refractivity contribution in [3.05, 3.63) is 72.3 Å². The van der Waals surface area contributed by atoms with E-state index in [-0.39, 0.29) is 50.1 Å². The fraction of sp³-hybridized carbons (Fsp3) is 0.550. The van der Waals surface area contributed by atoms with Crippen molar-refractivity contribution in [3.63, 3.8) is 0 Å². The van der Waals surface area contributed by atoms with E-state index in [0.717, 1.165) is 53.2 Å². The molecule has 1 aliphatic heterocycles. The summed E-state index contributed by atoms with van der Waals surface area (Å²) in [5, 5.41) is 24.2. The number of aliphatic hydroxyl groups is 2. The number of aliphatic hydroxyl groups excluding tert-OH is 2. The van der Waals surface area contributed by atoms with Gasteiger partial charge in [-0.2, -0.15) is 0 Å². The van der Waals surface area contributed by atoms with Gasteiger partial charge in [-0.3, -0.25) is 0 Å². The number of ether oxygens (including phenoxy) is 4. The second-order valence-corrected chi connectivity index (χ2v) is 14.2. The zero-order chi connectivity index (χ0) is 36.4. The minimum Gasteiger partial charge on any atom is -0.459 e. The van der Waals surface area contributed by atoms with Crippen LogP contribution < -0.4 is 9.47 Å². The Kier molecular flexibility index (Phi) is 13.9. The van der Waals surface area contributed by atoms with E-state index >= 15 is 0 Å². The third-order valence-electron chi connectivity index (χ3n) is 10.3.